The van der Waals surface area contributed by atoms with Gasteiger partial charge in [0.25, 0.3) is 0 Å². The first-order valence-corrected chi connectivity index (χ1v) is 8.65. The molecule has 0 radical (unpaired) electrons. The van der Waals surface area contributed by atoms with Gasteiger partial charge in [-0.1, -0.05) is 0 Å². The van der Waals surface area contributed by atoms with Crippen molar-refractivity contribution in [2.24, 2.45) is 0 Å². The maximum absolute atomic E-state index is 5.23. The second-order valence-electron chi connectivity index (χ2n) is 6.77. The van der Waals surface area contributed by atoms with Crippen molar-refractivity contribution in [3.63, 3.8) is 0 Å². The molecule has 7 heteroatoms. The van der Waals surface area contributed by atoms with Crippen LogP contribution in [0.3, 0.4) is 0 Å². The maximum Gasteiger partial charge on any atom is 0.213 e. The zero-order valence-corrected chi connectivity index (χ0v) is 14.1. The second kappa shape index (κ2) is 5.70. The van der Waals surface area contributed by atoms with Gasteiger partial charge in [-0.25, -0.2) is 15.0 Å². The van der Waals surface area contributed by atoms with Gasteiger partial charge in [0, 0.05) is 48.7 Å². The first kappa shape index (κ1) is 14.7. The molecule has 2 N–H and O–H groups in total. The van der Waals surface area contributed by atoms with E-state index in [1.165, 1.54) is 12.8 Å². The molecule has 0 amide bonds. The summed E-state index contributed by atoms with van der Waals surface area (Å²) in [6.45, 7) is 2.01. The third-order valence-electron chi connectivity index (χ3n) is 5.18. The SMILES string of the molecule is COc1cc(-c2cc3c(N4CC5CCC(C4)N5)ncnc3[nH]2)ccn1. The van der Waals surface area contributed by atoms with Crippen LogP contribution in [-0.2, 0) is 0 Å². The minimum absolute atomic E-state index is 0.576. The zero-order valence-electron chi connectivity index (χ0n) is 14.1. The number of fused-ring (bicyclic) bond motifs is 3. The van der Waals surface area contributed by atoms with Crippen molar-refractivity contribution in [1.82, 2.24) is 25.3 Å². The van der Waals surface area contributed by atoms with Crippen LogP contribution in [0.15, 0.2) is 30.7 Å². The van der Waals surface area contributed by atoms with Gasteiger partial charge in [0.05, 0.1) is 12.5 Å². The topological polar surface area (TPSA) is 79.0 Å². The predicted molar refractivity (Wildman–Crippen MR) is 95.8 cm³/mol. The second-order valence-corrected chi connectivity index (χ2v) is 6.77. The van der Waals surface area contributed by atoms with E-state index in [1.54, 1.807) is 19.6 Å². The van der Waals surface area contributed by atoms with E-state index >= 15 is 0 Å². The molecule has 2 atom stereocenters. The summed E-state index contributed by atoms with van der Waals surface area (Å²) in [6.07, 6.45) is 5.91. The van der Waals surface area contributed by atoms with Gasteiger partial charge in [-0.2, -0.15) is 0 Å². The van der Waals surface area contributed by atoms with Crippen LogP contribution < -0.4 is 15.0 Å². The van der Waals surface area contributed by atoms with E-state index in [2.05, 4.69) is 36.2 Å². The molecule has 2 unspecified atom stereocenters. The van der Waals surface area contributed by atoms with Crippen LogP contribution in [-0.4, -0.2) is 52.2 Å². The van der Waals surface area contributed by atoms with Gasteiger partial charge in [0.1, 0.15) is 17.8 Å². The Bertz CT molecular complexity index is 911. The third kappa shape index (κ3) is 2.51. The Hall–Kier alpha value is -2.67. The number of H-pyrrole nitrogens is 1. The van der Waals surface area contributed by atoms with Crippen molar-refractivity contribution < 1.29 is 4.74 Å². The number of hydrogen-bond donors (Lipinski definition) is 2. The quantitative estimate of drug-likeness (QED) is 0.761. The molecule has 2 aliphatic heterocycles. The average molecular weight is 336 g/mol. The molecule has 0 aromatic carbocycles. The lowest BCUT2D eigenvalue weighted by molar-refractivity contribution is 0.398. The van der Waals surface area contributed by atoms with Gasteiger partial charge in [0.2, 0.25) is 5.88 Å². The van der Waals surface area contributed by atoms with Crippen LogP contribution in [0.2, 0.25) is 0 Å². The molecule has 2 aliphatic rings. The van der Waals surface area contributed by atoms with Crippen molar-refractivity contribution in [2.45, 2.75) is 24.9 Å². The molecule has 25 heavy (non-hydrogen) atoms. The fraction of sp³-hybridized carbons (Fsp3) is 0.389. The molecule has 7 nitrogen and oxygen atoms in total. The number of piperazine rings is 1. The summed E-state index contributed by atoms with van der Waals surface area (Å²) in [5, 5.41) is 4.73. The van der Waals surface area contributed by atoms with Gasteiger partial charge in [0.15, 0.2) is 0 Å². The van der Waals surface area contributed by atoms with Crippen LogP contribution in [0, 0.1) is 0 Å². The van der Waals surface area contributed by atoms with Crippen LogP contribution in [0.5, 0.6) is 5.88 Å². The summed E-state index contributed by atoms with van der Waals surface area (Å²) in [7, 11) is 1.62. The minimum Gasteiger partial charge on any atom is -0.481 e. The molecule has 2 saturated heterocycles. The Morgan fingerprint density at radius 1 is 1.12 bits per heavy atom. The monoisotopic (exact) mass is 336 g/mol. The lowest BCUT2D eigenvalue weighted by Gasteiger charge is -2.33. The number of methoxy groups -OCH3 is 1. The Balaban J connectivity index is 1.56. The molecule has 2 bridgehead atoms. The number of ether oxygens (including phenoxy) is 1. The standard InChI is InChI=1S/C18H20N6O/c1-25-16-6-11(4-5-19-16)15-7-14-17(23-15)20-10-21-18(14)24-8-12-2-3-13(9-24)22-12/h4-7,10,12-13,22H,2-3,8-9H2,1H3,(H,20,21,23). The Labute approximate surface area is 145 Å². The van der Waals surface area contributed by atoms with Crippen LogP contribution >= 0.6 is 0 Å². The number of aromatic amines is 1. The van der Waals surface area contributed by atoms with Crippen molar-refractivity contribution >= 4 is 16.9 Å². The number of nitrogens with one attached hydrogen (secondary N) is 2. The van der Waals surface area contributed by atoms with Gasteiger partial charge in [-0.05, 0) is 25.0 Å². The fourth-order valence-electron chi connectivity index (χ4n) is 3.99. The van der Waals surface area contributed by atoms with E-state index in [0.717, 1.165) is 41.2 Å². The average Bonchev–Trinajstić information content (AvgIpc) is 3.24. The molecular formula is C18H20N6O. The van der Waals surface area contributed by atoms with Crippen molar-refractivity contribution in [3.8, 4) is 17.1 Å². The fourth-order valence-corrected chi connectivity index (χ4v) is 3.99. The first-order valence-electron chi connectivity index (χ1n) is 8.65. The summed E-state index contributed by atoms with van der Waals surface area (Å²) in [4.78, 5) is 19.0. The molecule has 0 spiro atoms. The van der Waals surface area contributed by atoms with Gasteiger partial charge in [-0.15, -0.1) is 0 Å². The van der Waals surface area contributed by atoms with E-state index in [4.69, 9.17) is 4.74 Å². The largest absolute Gasteiger partial charge is 0.481 e. The lowest BCUT2D eigenvalue weighted by atomic mass is 10.2. The van der Waals surface area contributed by atoms with E-state index in [-0.39, 0.29) is 0 Å². The first-order chi connectivity index (χ1) is 12.3. The maximum atomic E-state index is 5.23. The normalized spacial score (nSPS) is 22.5. The van der Waals surface area contributed by atoms with E-state index < -0.39 is 0 Å². The summed E-state index contributed by atoms with van der Waals surface area (Å²) < 4.78 is 5.23. The molecule has 5 rings (SSSR count). The van der Waals surface area contributed by atoms with Crippen molar-refractivity contribution in [1.29, 1.82) is 0 Å². The molecule has 2 fully saturated rings. The van der Waals surface area contributed by atoms with Gasteiger partial charge in [-0.3, -0.25) is 0 Å². The number of hydrogen-bond acceptors (Lipinski definition) is 6. The Morgan fingerprint density at radius 2 is 1.96 bits per heavy atom. The van der Waals surface area contributed by atoms with Crippen LogP contribution in [0.1, 0.15) is 12.8 Å². The summed E-state index contributed by atoms with van der Waals surface area (Å²) in [5.74, 6) is 1.62. The lowest BCUT2D eigenvalue weighted by Crippen LogP contribution is -2.51. The summed E-state index contributed by atoms with van der Waals surface area (Å²) in [5.41, 5.74) is 2.88. The predicted octanol–water partition coefficient (Wildman–Crippen LogP) is 1.97. The summed E-state index contributed by atoms with van der Waals surface area (Å²) >= 11 is 0. The molecule has 3 aromatic rings. The summed E-state index contributed by atoms with van der Waals surface area (Å²) in [6, 6.07) is 7.16. The number of aromatic nitrogens is 4. The molecule has 128 valence electrons. The molecular weight excluding hydrogens is 316 g/mol. The molecule has 3 aromatic heterocycles. The molecule has 0 saturated carbocycles. The third-order valence-corrected chi connectivity index (χ3v) is 5.18. The smallest absolute Gasteiger partial charge is 0.213 e. The highest BCUT2D eigenvalue weighted by molar-refractivity contribution is 5.92. The number of anilines is 1. The zero-order chi connectivity index (χ0) is 16.8. The highest BCUT2D eigenvalue weighted by Crippen LogP contribution is 2.32. The number of rotatable bonds is 3. The number of pyridine rings is 1. The Morgan fingerprint density at radius 3 is 2.76 bits per heavy atom. The van der Waals surface area contributed by atoms with E-state index in [0.29, 0.717) is 18.0 Å². The highest BCUT2D eigenvalue weighted by Gasteiger charge is 2.33. The van der Waals surface area contributed by atoms with Gasteiger partial charge >= 0.3 is 0 Å². The van der Waals surface area contributed by atoms with Gasteiger partial charge < -0.3 is 19.9 Å². The molecule has 0 aliphatic carbocycles. The van der Waals surface area contributed by atoms with Crippen molar-refractivity contribution in [3.05, 3.63) is 30.7 Å². The Kier molecular flexibility index (Phi) is 3.34. The highest BCUT2D eigenvalue weighted by atomic mass is 16.5. The van der Waals surface area contributed by atoms with Crippen molar-refractivity contribution in [2.75, 3.05) is 25.1 Å². The number of nitrogens with zero attached hydrogens (tertiary/aromatic N) is 4. The molecule has 5 heterocycles. The van der Waals surface area contributed by atoms with Crippen LogP contribution in [0.25, 0.3) is 22.3 Å². The minimum atomic E-state index is 0.576. The van der Waals surface area contributed by atoms with Crippen LogP contribution in [0.4, 0.5) is 5.82 Å². The van der Waals surface area contributed by atoms with E-state index in [1.807, 2.05) is 12.1 Å². The van der Waals surface area contributed by atoms with E-state index in [9.17, 15) is 0 Å².